The lowest BCUT2D eigenvalue weighted by molar-refractivity contribution is 0.937. The molecule has 3 nitrogen and oxygen atoms in total. The van der Waals surface area contributed by atoms with E-state index in [0.717, 1.165) is 31.1 Å². The fraction of sp³-hybridized carbons (Fsp3) is 0.389. The Morgan fingerprint density at radius 2 is 1.76 bits per heavy atom. The minimum absolute atomic E-state index is 0.850. The second-order valence-corrected chi connectivity index (χ2v) is 5.82. The van der Waals surface area contributed by atoms with Crippen LogP contribution in [0.3, 0.4) is 0 Å². The molecule has 1 saturated heterocycles. The first kappa shape index (κ1) is 13.9. The molecule has 0 spiro atoms. The van der Waals surface area contributed by atoms with Crippen molar-refractivity contribution in [2.75, 3.05) is 23.3 Å². The molecular formula is C18H23N3. The highest BCUT2D eigenvalue weighted by atomic mass is 15.2. The summed E-state index contributed by atoms with van der Waals surface area (Å²) in [7, 11) is 0. The molecule has 0 amide bonds. The highest BCUT2D eigenvalue weighted by Crippen LogP contribution is 2.20. The van der Waals surface area contributed by atoms with Gasteiger partial charge in [0.2, 0.25) is 0 Å². The molecule has 0 radical (unpaired) electrons. The molecule has 3 heteroatoms. The van der Waals surface area contributed by atoms with Crippen molar-refractivity contribution in [3.05, 3.63) is 53.2 Å². The van der Waals surface area contributed by atoms with Crippen LogP contribution >= 0.6 is 0 Å². The zero-order valence-electron chi connectivity index (χ0n) is 12.9. The molecule has 1 aromatic carbocycles. The Morgan fingerprint density at radius 1 is 1.05 bits per heavy atom. The molecule has 0 saturated carbocycles. The third-order valence-electron chi connectivity index (χ3n) is 4.29. The van der Waals surface area contributed by atoms with Gasteiger partial charge in [-0.2, -0.15) is 0 Å². The van der Waals surface area contributed by atoms with E-state index >= 15 is 0 Å². The molecule has 1 N–H and O–H groups in total. The molecule has 0 atom stereocenters. The number of rotatable bonds is 4. The molecule has 1 aliphatic rings. The van der Waals surface area contributed by atoms with Crippen molar-refractivity contribution in [1.29, 1.82) is 0 Å². The zero-order chi connectivity index (χ0) is 14.7. The van der Waals surface area contributed by atoms with Crippen molar-refractivity contribution in [3.8, 4) is 0 Å². The van der Waals surface area contributed by atoms with E-state index in [1.807, 2.05) is 6.20 Å². The van der Waals surface area contributed by atoms with E-state index < -0.39 is 0 Å². The summed E-state index contributed by atoms with van der Waals surface area (Å²) in [5.74, 6) is 1.10. The fourth-order valence-corrected chi connectivity index (χ4v) is 2.94. The van der Waals surface area contributed by atoms with Crippen molar-refractivity contribution in [2.45, 2.75) is 33.2 Å². The van der Waals surface area contributed by atoms with E-state index in [-0.39, 0.29) is 0 Å². The van der Waals surface area contributed by atoms with Crippen LogP contribution in [0.1, 0.15) is 29.5 Å². The second-order valence-electron chi connectivity index (χ2n) is 5.82. The largest absolute Gasteiger partial charge is 0.380 e. The Labute approximate surface area is 127 Å². The molecule has 2 heterocycles. The van der Waals surface area contributed by atoms with Gasteiger partial charge in [-0.25, -0.2) is 4.98 Å². The number of aromatic nitrogens is 1. The normalized spacial score (nSPS) is 14.5. The number of hydrogen-bond donors (Lipinski definition) is 1. The summed E-state index contributed by atoms with van der Waals surface area (Å²) in [4.78, 5) is 6.94. The minimum atomic E-state index is 0.850. The molecule has 0 aliphatic carbocycles. The van der Waals surface area contributed by atoms with Crippen LogP contribution < -0.4 is 10.2 Å². The first-order chi connectivity index (χ1) is 10.2. The summed E-state index contributed by atoms with van der Waals surface area (Å²) in [6.45, 7) is 7.46. The van der Waals surface area contributed by atoms with E-state index in [1.54, 1.807) is 0 Å². The van der Waals surface area contributed by atoms with E-state index in [1.165, 1.54) is 29.5 Å². The van der Waals surface area contributed by atoms with Crippen molar-refractivity contribution in [3.63, 3.8) is 0 Å². The predicted molar refractivity (Wildman–Crippen MR) is 88.9 cm³/mol. The average Bonchev–Trinajstić information content (AvgIpc) is 3.02. The Hall–Kier alpha value is -2.03. The maximum absolute atomic E-state index is 4.58. The average molecular weight is 281 g/mol. The molecule has 1 fully saturated rings. The van der Waals surface area contributed by atoms with Crippen LogP contribution in [0.2, 0.25) is 0 Å². The first-order valence-electron chi connectivity index (χ1n) is 7.74. The Kier molecular flexibility index (Phi) is 4.09. The number of benzene rings is 1. The van der Waals surface area contributed by atoms with Gasteiger partial charge in [-0.1, -0.05) is 18.2 Å². The van der Waals surface area contributed by atoms with E-state index in [4.69, 9.17) is 0 Å². The van der Waals surface area contributed by atoms with Gasteiger partial charge in [0.15, 0.2) is 0 Å². The Bertz CT molecular complexity index is 578. The number of anilines is 2. The number of nitrogens with zero attached hydrogens (tertiary/aromatic N) is 2. The van der Waals surface area contributed by atoms with E-state index in [2.05, 4.69) is 59.4 Å². The molecule has 0 bridgehead atoms. The number of nitrogens with one attached hydrogen (secondary N) is 1. The van der Waals surface area contributed by atoms with Crippen LogP contribution in [-0.2, 0) is 6.54 Å². The van der Waals surface area contributed by atoms with Gasteiger partial charge in [-0.15, -0.1) is 0 Å². The van der Waals surface area contributed by atoms with Gasteiger partial charge in [0.05, 0.1) is 11.9 Å². The minimum Gasteiger partial charge on any atom is -0.380 e. The molecule has 110 valence electrons. The van der Waals surface area contributed by atoms with Crippen LogP contribution in [0.15, 0.2) is 36.5 Å². The summed E-state index contributed by atoms with van der Waals surface area (Å²) >= 11 is 0. The summed E-state index contributed by atoms with van der Waals surface area (Å²) in [6, 6.07) is 10.7. The standard InChI is InChI=1S/C18H23N3/c1-14-6-5-7-15(2)17(14)13-19-16-8-9-18(20-12-16)21-10-3-4-11-21/h5-9,12,19H,3-4,10-11,13H2,1-2H3. The summed E-state index contributed by atoms with van der Waals surface area (Å²) in [5.41, 5.74) is 5.13. The lowest BCUT2D eigenvalue weighted by Crippen LogP contribution is -2.18. The highest BCUT2D eigenvalue weighted by Gasteiger charge is 2.12. The predicted octanol–water partition coefficient (Wildman–Crippen LogP) is 3.91. The smallest absolute Gasteiger partial charge is 0.128 e. The van der Waals surface area contributed by atoms with Gasteiger partial charge >= 0.3 is 0 Å². The lowest BCUT2D eigenvalue weighted by atomic mass is 10.0. The molecule has 2 aromatic rings. The molecular weight excluding hydrogens is 258 g/mol. The number of aryl methyl sites for hydroxylation is 2. The van der Waals surface area contributed by atoms with Gasteiger partial charge in [-0.05, 0) is 55.5 Å². The topological polar surface area (TPSA) is 28.2 Å². The maximum Gasteiger partial charge on any atom is 0.128 e. The Balaban J connectivity index is 1.65. The van der Waals surface area contributed by atoms with Crippen LogP contribution in [0.25, 0.3) is 0 Å². The number of pyridine rings is 1. The van der Waals surface area contributed by atoms with Crippen molar-refractivity contribution in [1.82, 2.24) is 4.98 Å². The van der Waals surface area contributed by atoms with Crippen LogP contribution in [-0.4, -0.2) is 18.1 Å². The van der Waals surface area contributed by atoms with Gasteiger partial charge in [0, 0.05) is 19.6 Å². The lowest BCUT2D eigenvalue weighted by Gasteiger charge is -2.17. The van der Waals surface area contributed by atoms with Crippen LogP contribution in [0, 0.1) is 13.8 Å². The molecule has 1 aromatic heterocycles. The van der Waals surface area contributed by atoms with Gasteiger partial charge in [-0.3, -0.25) is 0 Å². The SMILES string of the molecule is Cc1cccc(C)c1CNc1ccc(N2CCCC2)nc1. The monoisotopic (exact) mass is 281 g/mol. The maximum atomic E-state index is 4.58. The number of hydrogen-bond acceptors (Lipinski definition) is 3. The molecule has 3 rings (SSSR count). The van der Waals surface area contributed by atoms with Crippen LogP contribution in [0.4, 0.5) is 11.5 Å². The van der Waals surface area contributed by atoms with Crippen molar-refractivity contribution >= 4 is 11.5 Å². The summed E-state index contributed by atoms with van der Waals surface area (Å²) in [6.07, 6.45) is 4.52. The molecule has 21 heavy (non-hydrogen) atoms. The molecule has 1 aliphatic heterocycles. The third kappa shape index (κ3) is 3.18. The van der Waals surface area contributed by atoms with Gasteiger partial charge in [0.1, 0.15) is 5.82 Å². The quantitative estimate of drug-likeness (QED) is 0.921. The first-order valence-corrected chi connectivity index (χ1v) is 7.74. The van der Waals surface area contributed by atoms with Crippen molar-refractivity contribution < 1.29 is 0 Å². The van der Waals surface area contributed by atoms with Crippen LogP contribution in [0.5, 0.6) is 0 Å². The molecule has 0 unspecified atom stereocenters. The highest BCUT2D eigenvalue weighted by molar-refractivity contribution is 5.50. The van der Waals surface area contributed by atoms with Crippen molar-refractivity contribution in [2.24, 2.45) is 0 Å². The summed E-state index contributed by atoms with van der Waals surface area (Å²) < 4.78 is 0. The van der Waals surface area contributed by atoms with E-state index in [0.29, 0.717) is 0 Å². The second kappa shape index (κ2) is 6.17. The van der Waals surface area contributed by atoms with Gasteiger partial charge < -0.3 is 10.2 Å². The summed E-state index contributed by atoms with van der Waals surface area (Å²) in [5, 5.41) is 3.48. The van der Waals surface area contributed by atoms with E-state index in [9.17, 15) is 0 Å². The zero-order valence-corrected chi connectivity index (χ0v) is 12.9. The third-order valence-corrected chi connectivity index (χ3v) is 4.29. The van der Waals surface area contributed by atoms with Gasteiger partial charge in [0.25, 0.3) is 0 Å². The Morgan fingerprint density at radius 3 is 2.38 bits per heavy atom. The fourth-order valence-electron chi connectivity index (χ4n) is 2.94.